The number of aromatic nitrogens is 1. The van der Waals surface area contributed by atoms with Crippen LogP contribution in [0.5, 0.6) is 11.5 Å². The van der Waals surface area contributed by atoms with Crippen LogP contribution in [0.1, 0.15) is 45.1 Å². The number of rotatable bonds is 5. The van der Waals surface area contributed by atoms with Crippen molar-refractivity contribution in [2.45, 2.75) is 18.9 Å². The Morgan fingerprint density at radius 2 is 1.65 bits per heavy atom. The lowest BCUT2D eigenvalue weighted by molar-refractivity contribution is 0.0734. The predicted octanol–water partition coefficient (Wildman–Crippen LogP) is 6.20. The van der Waals surface area contributed by atoms with E-state index in [1.54, 1.807) is 48.1 Å². The van der Waals surface area contributed by atoms with Crippen LogP contribution in [-0.4, -0.2) is 17.6 Å². The number of aryl methyl sites for hydroxylation is 1. The van der Waals surface area contributed by atoms with Crippen LogP contribution in [0.25, 0.3) is 11.8 Å². The highest BCUT2D eigenvalue weighted by Crippen LogP contribution is 2.42. The Labute approximate surface area is 256 Å². The van der Waals surface area contributed by atoms with Gasteiger partial charge in [-0.1, -0.05) is 77.5 Å². The number of ether oxygens (including phenoxy) is 2. The highest BCUT2D eigenvalue weighted by molar-refractivity contribution is 7.07. The molecule has 1 aliphatic carbocycles. The Hall–Kier alpha value is -4.72. The molecule has 0 saturated heterocycles. The number of carbonyl (C=O) groups is 1. The van der Waals surface area contributed by atoms with Crippen molar-refractivity contribution in [3.8, 4) is 11.5 Å². The number of allylic oxidation sites excluding steroid dienone is 1. The van der Waals surface area contributed by atoms with Gasteiger partial charge in [0.05, 0.1) is 28.9 Å². The summed E-state index contributed by atoms with van der Waals surface area (Å²) in [6, 6.07) is 29.5. The van der Waals surface area contributed by atoms with Crippen LogP contribution in [0, 0.1) is 0 Å². The molecule has 212 valence electrons. The molecular weight excluding hydrogens is 580 g/mol. The summed E-state index contributed by atoms with van der Waals surface area (Å²) in [5.74, 6) is 0.604. The molecule has 0 bridgehead atoms. The molecule has 0 saturated carbocycles. The zero-order chi connectivity index (χ0) is 29.5. The van der Waals surface area contributed by atoms with Crippen molar-refractivity contribution in [1.29, 1.82) is 0 Å². The lowest BCUT2D eigenvalue weighted by Crippen LogP contribution is -2.38. The van der Waals surface area contributed by atoms with E-state index in [-0.39, 0.29) is 11.6 Å². The maximum atomic E-state index is 14.0. The van der Waals surface area contributed by atoms with Crippen LogP contribution in [0.3, 0.4) is 0 Å². The van der Waals surface area contributed by atoms with Crippen molar-refractivity contribution in [2.75, 3.05) is 7.11 Å². The number of hydrogen-bond donors (Lipinski definition) is 0. The van der Waals surface area contributed by atoms with Crippen molar-refractivity contribution in [1.82, 2.24) is 4.57 Å². The van der Waals surface area contributed by atoms with Gasteiger partial charge in [-0.05, 0) is 83.6 Å². The van der Waals surface area contributed by atoms with Gasteiger partial charge in [0.2, 0.25) is 0 Å². The van der Waals surface area contributed by atoms with Crippen LogP contribution >= 0.6 is 22.9 Å². The molecule has 43 heavy (non-hydrogen) atoms. The number of benzene rings is 4. The third-order valence-electron chi connectivity index (χ3n) is 7.79. The Balaban J connectivity index is 1.26. The van der Waals surface area contributed by atoms with E-state index in [1.165, 1.54) is 16.9 Å². The molecule has 0 amide bonds. The summed E-state index contributed by atoms with van der Waals surface area (Å²) in [6.07, 6.45) is 3.52. The van der Waals surface area contributed by atoms with Gasteiger partial charge in [-0.15, -0.1) is 0 Å². The van der Waals surface area contributed by atoms with E-state index >= 15 is 0 Å². The maximum absolute atomic E-state index is 14.0. The first-order valence-corrected chi connectivity index (χ1v) is 15.0. The van der Waals surface area contributed by atoms with Gasteiger partial charge in [0.1, 0.15) is 11.5 Å². The molecule has 1 atom stereocenters. The quantitative estimate of drug-likeness (QED) is 0.177. The average molecular weight is 605 g/mol. The van der Waals surface area contributed by atoms with Gasteiger partial charge in [0.15, 0.2) is 4.80 Å². The second-order valence-corrected chi connectivity index (χ2v) is 11.7. The molecule has 0 N–H and O–H groups in total. The molecule has 4 aromatic carbocycles. The number of carbonyl (C=O) groups excluding carboxylic acids is 1. The average Bonchev–Trinajstić information content (AvgIpc) is 3.35. The van der Waals surface area contributed by atoms with Crippen LogP contribution in [0.4, 0.5) is 0 Å². The smallest absolute Gasteiger partial charge is 0.343 e. The molecule has 1 aliphatic heterocycles. The lowest BCUT2D eigenvalue weighted by atomic mass is 9.83. The summed E-state index contributed by atoms with van der Waals surface area (Å²) in [4.78, 5) is 32.2. The number of nitrogens with zero attached hydrogens (tertiary/aromatic N) is 2. The highest BCUT2D eigenvalue weighted by atomic mass is 35.5. The maximum Gasteiger partial charge on any atom is 0.343 e. The molecule has 7 rings (SSSR count). The van der Waals surface area contributed by atoms with Crippen molar-refractivity contribution in [3.05, 3.63) is 155 Å². The van der Waals surface area contributed by atoms with E-state index in [2.05, 4.69) is 18.2 Å². The molecule has 8 heteroatoms. The van der Waals surface area contributed by atoms with Gasteiger partial charge in [-0.3, -0.25) is 9.36 Å². The Bertz CT molecular complexity index is 2090. The van der Waals surface area contributed by atoms with Gasteiger partial charge in [-0.2, -0.15) is 0 Å². The van der Waals surface area contributed by atoms with E-state index in [0.717, 1.165) is 40.8 Å². The second kappa shape index (κ2) is 11.2. The highest BCUT2D eigenvalue weighted by Gasteiger charge is 2.33. The van der Waals surface area contributed by atoms with E-state index in [1.807, 2.05) is 48.5 Å². The minimum atomic E-state index is -0.464. The van der Waals surface area contributed by atoms with Crippen molar-refractivity contribution in [2.24, 2.45) is 4.99 Å². The predicted molar refractivity (Wildman–Crippen MR) is 169 cm³/mol. The first-order valence-electron chi connectivity index (χ1n) is 13.8. The number of fused-ring (bicyclic) bond motifs is 3. The Kier molecular flexibility index (Phi) is 7.05. The number of esters is 1. The van der Waals surface area contributed by atoms with Crippen LogP contribution in [0.2, 0.25) is 5.02 Å². The molecule has 0 fully saturated rings. The van der Waals surface area contributed by atoms with E-state index in [0.29, 0.717) is 31.4 Å². The van der Waals surface area contributed by atoms with Crippen LogP contribution in [0.15, 0.2) is 112 Å². The van der Waals surface area contributed by atoms with E-state index in [4.69, 9.17) is 26.1 Å². The Morgan fingerprint density at radius 1 is 0.930 bits per heavy atom. The summed E-state index contributed by atoms with van der Waals surface area (Å²) >= 11 is 8.10. The fraction of sp³-hybridized carbons (Fsp3) is 0.114. The monoisotopic (exact) mass is 604 g/mol. The van der Waals surface area contributed by atoms with Gasteiger partial charge >= 0.3 is 5.97 Å². The van der Waals surface area contributed by atoms with Crippen LogP contribution < -0.4 is 24.4 Å². The van der Waals surface area contributed by atoms with E-state index < -0.39 is 5.97 Å². The number of thiazole rings is 1. The molecule has 0 spiro atoms. The molecule has 0 radical (unpaired) electrons. The molecule has 5 aromatic rings. The summed E-state index contributed by atoms with van der Waals surface area (Å²) in [6.45, 7) is 0. The first kappa shape index (κ1) is 27.1. The minimum Gasteiger partial charge on any atom is -0.497 e. The first-order chi connectivity index (χ1) is 21.0. The largest absolute Gasteiger partial charge is 0.497 e. The minimum absolute atomic E-state index is 0.117. The molecule has 2 aliphatic rings. The number of halogens is 1. The molecule has 2 heterocycles. The van der Waals surface area contributed by atoms with Gasteiger partial charge in [0.25, 0.3) is 5.56 Å². The third kappa shape index (κ3) is 5.01. The Morgan fingerprint density at radius 3 is 2.42 bits per heavy atom. The van der Waals surface area contributed by atoms with Crippen molar-refractivity contribution < 1.29 is 14.3 Å². The zero-order valence-electron chi connectivity index (χ0n) is 23.1. The van der Waals surface area contributed by atoms with Gasteiger partial charge in [-0.25, -0.2) is 9.79 Å². The number of hydrogen-bond acceptors (Lipinski definition) is 6. The molecule has 0 unspecified atom stereocenters. The fourth-order valence-corrected chi connectivity index (χ4v) is 6.91. The van der Waals surface area contributed by atoms with Gasteiger partial charge in [0, 0.05) is 10.6 Å². The zero-order valence-corrected chi connectivity index (χ0v) is 24.7. The summed E-state index contributed by atoms with van der Waals surface area (Å²) < 4.78 is 13.0. The summed E-state index contributed by atoms with van der Waals surface area (Å²) in [7, 11) is 1.57. The van der Waals surface area contributed by atoms with Crippen molar-refractivity contribution in [3.63, 3.8) is 0 Å². The normalized spacial score (nSPS) is 15.7. The third-order valence-corrected chi connectivity index (χ3v) is 9.11. The van der Waals surface area contributed by atoms with Crippen molar-refractivity contribution >= 4 is 40.7 Å². The lowest BCUT2D eigenvalue weighted by Gasteiger charge is -2.31. The fourth-order valence-electron chi connectivity index (χ4n) is 5.67. The molecular formula is C35H25ClN2O4S. The number of methoxy groups -OCH3 is 1. The topological polar surface area (TPSA) is 69.9 Å². The van der Waals surface area contributed by atoms with Gasteiger partial charge < -0.3 is 9.47 Å². The standard InChI is InChI=1S/C35H25ClN2O4S/c1-41-24-17-12-23(13-18-24)34(40)42-25-15-10-21(11-16-25)20-30-33(39)38-32(27-8-4-5-9-29(27)36)28-19-14-22-6-2-3-7-26(22)31(28)37-35(38)43-30/h2-13,15-18,20,32H,14,19H2,1H3/b30-20-/t32-/m0/s1. The second-order valence-electron chi connectivity index (χ2n) is 10.3. The molecule has 1 aromatic heterocycles. The van der Waals surface area contributed by atoms with Crippen LogP contribution in [-0.2, 0) is 6.42 Å². The molecule has 6 nitrogen and oxygen atoms in total. The van der Waals surface area contributed by atoms with E-state index in [9.17, 15) is 9.59 Å². The summed E-state index contributed by atoms with van der Waals surface area (Å²) in [5, 5.41) is 0.620. The SMILES string of the molecule is COc1ccc(C(=O)Oc2ccc(/C=c3\sc4n(c3=O)[C@@H](c3ccccc3Cl)C3=C(N=4)c4ccccc4CC3)cc2)cc1. The summed E-state index contributed by atoms with van der Waals surface area (Å²) in [5.41, 5.74) is 6.41.